The molecular weight excluding hydrogens is 723 g/mol. The minimum Gasteiger partial charge on any atom is -0.496 e. The van der Waals surface area contributed by atoms with Crippen LogP contribution in [-0.4, -0.2) is 87.2 Å². The highest BCUT2D eigenvalue weighted by Crippen LogP contribution is 2.33. The normalized spacial score (nSPS) is 19.7. The number of likely N-dealkylation sites (tertiary alicyclic amines) is 2. The van der Waals surface area contributed by atoms with Gasteiger partial charge in [-0.05, 0) is 49.9 Å². The monoisotopic (exact) mass is 774 g/mol. The number of nitrogens with one attached hydrogen (secondary N) is 4. The molecule has 0 saturated carbocycles. The second-order valence-corrected chi connectivity index (χ2v) is 14.5. The van der Waals surface area contributed by atoms with Crippen molar-refractivity contribution in [2.75, 3.05) is 52.0 Å². The van der Waals surface area contributed by atoms with Crippen LogP contribution in [-0.2, 0) is 13.1 Å². The number of hydrogen-bond acceptors (Lipinski definition) is 8. The zero-order valence-electron chi connectivity index (χ0n) is 31.9. The Hall–Kier alpha value is -4.48. The van der Waals surface area contributed by atoms with Gasteiger partial charge in [-0.2, -0.15) is 0 Å². The SMILES string of the molecule is CNc1cc(OC)c(C(=O)NC2CCN(Cc3ccccc3)C2C)cc1Cl.CNc1cc(OC)c(C(=O)NC2CCN(Cc3ccccc3)C2C)cc1Cl. The Morgan fingerprint density at radius 1 is 0.648 bits per heavy atom. The summed E-state index contributed by atoms with van der Waals surface area (Å²) in [5.74, 6) is 0.700. The standard InChI is InChI=1S/2C21H26ClN3O2/c2*1-14-18(9-10-25(14)13-15-7-5-4-6-8-15)24-21(26)16-11-17(22)19(23-2)12-20(16)27-3/h2*4-8,11-12,14,18,23H,9-10,13H2,1-3H3,(H,24,26). The summed E-state index contributed by atoms with van der Waals surface area (Å²) in [4.78, 5) is 30.5. The summed E-state index contributed by atoms with van der Waals surface area (Å²) >= 11 is 12.5. The van der Waals surface area contributed by atoms with Gasteiger partial charge in [0.1, 0.15) is 11.5 Å². The zero-order valence-corrected chi connectivity index (χ0v) is 33.4. The van der Waals surface area contributed by atoms with E-state index in [-0.39, 0.29) is 36.0 Å². The first-order chi connectivity index (χ1) is 26.1. The molecule has 4 aromatic rings. The molecule has 0 radical (unpaired) electrons. The van der Waals surface area contributed by atoms with Crippen molar-refractivity contribution in [3.05, 3.63) is 117 Å². The number of halogens is 2. The first kappa shape index (κ1) is 40.7. The van der Waals surface area contributed by atoms with Crippen molar-refractivity contribution in [3.8, 4) is 11.5 Å². The van der Waals surface area contributed by atoms with Crippen LogP contribution < -0.4 is 30.7 Å². The molecule has 4 aromatic carbocycles. The van der Waals surface area contributed by atoms with Crippen LogP contribution in [0.3, 0.4) is 0 Å². The third-order valence-electron chi connectivity index (χ3n) is 10.5. The molecule has 0 aromatic heterocycles. The van der Waals surface area contributed by atoms with E-state index in [4.69, 9.17) is 32.7 Å². The van der Waals surface area contributed by atoms with Crippen LogP contribution in [0.4, 0.5) is 11.4 Å². The van der Waals surface area contributed by atoms with Gasteiger partial charge in [-0.3, -0.25) is 19.4 Å². The van der Waals surface area contributed by atoms with E-state index in [2.05, 4.69) is 93.4 Å². The predicted octanol–water partition coefficient (Wildman–Crippen LogP) is 7.57. The van der Waals surface area contributed by atoms with Gasteiger partial charge >= 0.3 is 0 Å². The van der Waals surface area contributed by atoms with Gasteiger partial charge in [-0.25, -0.2) is 0 Å². The van der Waals surface area contributed by atoms with E-state index in [1.54, 1.807) is 52.6 Å². The topological polar surface area (TPSA) is 107 Å². The van der Waals surface area contributed by atoms with E-state index in [1.807, 2.05) is 12.1 Å². The molecule has 10 nitrogen and oxygen atoms in total. The van der Waals surface area contributed by atoms with Crippen molar-refractivity contribution in [1.29, 1.82) is 0 Å². The molecule has 12 heteroatoms. The average molecular weight is 776 g/mol. The lowest BCUT2D eigenvalue weighted by molar-refractivity contribution is 0.0915. The Kier molecular flexibility index (Phi) is 14.5. The number of carbonyl (C=O) groups excluding carboxylic acids is 2. The first-order valence-corrected chi connectivity index (χ1v) is 19.1. The summed E-state index contributed by atoms with van der Waals surface area (Å²) in [7, 11) is 6.67. The molecule has 2 saturated heterocycles. The van der Waals surface area contributed by atoms with Crippen LogP contribution in [0, 0.1) is 0 Å². The number of ether oxygens (including phenoxy) is 2. The third-order valence-corrected chi connectivity index (χ3v) is 11.1. The van der Waals surface area contributed by atoms with Crippen molar-refractivity contribution in [1.82, 2.24) is 20.4 Å². The number of benzene rings is 4. The number of anilines is 2. The molecule has 0 spiro atoms. The van der Waals surface area contributed by atoms with Crippen molar-refractivity contribution >= 4 is 46.4 Å². The van der Waals surface area contributed by atoms with E-state index >= 15 is 0 Å². The highest BCUT2D eigenvalue weighted by molar-refractivity contribution is 6.34. The van der Waals surface area contributed by atoms with Crippen LogP contribution in [0.5, 0.6) is 11.5 Å². The van der Waals surface area contributed by atoms with Gasteiger partial charge in [-0.1, -0.05) is 83.9 Å². The van der Waals surface area contributed by atoms with Crippen LogP contribution >= 0.6 is 23.2 Å². The molecule has 6 rings (SSSR count). The lowest BCUT2D eigenvalue weighted by Gasteiger charge is -2.25. The van der Waals surface area contributed by atoms with Gasteiger partial charge in [0.2, 0.25) is 0 Å². The fourth-order valence-electron chi connectivity index (χ4n) is 7.15. The Bertz CT molecular complexity index is 1730. The summed E-state index contributed by atoms with van der Waals surface area (Å²) < 4.78 is 10.8. The smallest absolute Gasteiger partial charge is 0.255 e. The van der Waals surface area contributed by atoms with Crippen LogP contribution in [0.15, 0.2) is 84.9 Å². The molecule has 4 N–H and O–H groups in total. The predicted molar refractivity (Wildman–Crippen MR) is 219 cm³/mol. The van der Waals surface area contributed by atoms with Crippen LogP contribution in [0.2, 0.25) is 10.0 Å². The molecule has 2 fully saturated rings. The van der Waals surface area contributed by atoms with Crippen molar-refractivity contribution in [3.63, 3.8) is 0 Å². The summed E-state index contributed by atoms with van der Waals surface area (Å²) in [6, 6.07) is 28.3. The fraction of sp³-hybridized carbons (Fsp3) is 0.381. The highest BCUT2D eigenvalue weighted by atomic mass is 35.5. The van der Waals surface area contributed by atoms with Gasteiger partial charge in [0.05, 0.1) is 46.8 Å². The van der Waals surface area contributed by atoms with E-state index in [9.17, 15) is 9.59 Å². The molecule has 2 aliphatic heterocycles. The van der Waals surface area contributed by atoms with Crippen LogP contribution in [0.25, 0.3) is 0 Å². The molecule has 0 aliphatic carbocycles. The second kappa shape index (κ2) is 19.2. The maximum atomic E-state index is 12.9. The molecule has 0 bridgehead atoms. The molecule has 4 atom stereocenters. The number of rotatable bonds is 12. The summed E-state index contributed by atoms with van der Waals surface area (Å²) in [6.07, 6.45) is 1.84. The Labute approximate surface area is 329 Å². The zero-order chi connectivity index (χ0) is 38.8. The molecule has 2 heterocycles. The first-order valence-electron chi connectivity index (χ1n) is 18.3. The second-order valence-electron chi connectivity index (χ2n) is 13.7. The minimum absolute atomic E-state index is 0.0914. The van der Waals surface area contributed by atoms with Gasteiger partial charge in [-0.15, -0.1) is 0 Å². The molecule has 2 amide bonds. The van der Waals surface area contributed by atoms with Gasteiger partial charge in [0.25, 0.3) is 11.8 Å². The lowest BCUT2D eigenvalue weighted by Crippen LogP contribution is -2.43. The number of nitrogens with zero attached hydrogens (tertiary/aromatic N) is 2. The van der Waals surface area contributed by atoms with E-state index in [0.29, 0.717) is 32.7 Å². The molecule has 2 aliphatic rings. The molecule has 54 heavy (non-hydrogen) atoms. The Morgan fingerprint density at radius 3 is 1.35 bits per heavy atom. The quantitative estimate of drug-likeness (QED) is 0.117. The maximum absolute atomic E-state index is 12.9. The van der Waals surface area contributed by atoms with Crippen LogP contribution in [0.1, 0.15) is 58.5 Å². The Balaban J connectivity index is 0.000000208. The average Bonchev–Trinajstić information content (AvgIpc) is 3.71. The van der Waals surface area contributed by atoms with Crippen molar-refractivity contribution < 1.29 is 19.1 Å². The van der Waals surface area contributed by atoms with Crippen molar-refractivity contribution in [2.45, 2.75) is 63.9 Å². The van der Waals surface area contributed by atoms with E-state index in [0.717, 1.165) is 50.4 Å². The third kappa shape index (κ3) is 9.98. The highest BCUT2D eigenvalue weighted by Gasteiger charge is 2.34. The van der Waals surface area contributed by atoms with E-state index < -0.39 is 0 Å². The minimum atomic E-state index is -0.158. The van der Waals surface area contributed by atoms with E-state index in [1.165, 1.54) is 11.1 Å². The summed E-state index contributed by atoms with van der Waals surface area (Å²) in [5, 5.41) is 13.3. The number of hydrogen-bond donors (Lipinski definition) is 4. The lowest BCUT2D eigenvalue weighted by atomic mass is 10.1. The number of amides is 2. The summed E-state index contributed by atoms with van der Waals surface area (Å²) in [5.41, 5.74) is 4.94. The Morgan fingerprint density at radius 2 is 1.02 bits per heavy atom. The number of methoxy groups -OCH3 is 2. The van der Waals surface area contributed by atoms with Crippen molar-refractivity contribution in [2.24, 2.45) is 0 Å². The molecule has 4 unspecified atom stereocenters. The molecule has 288 valence electrons. The van der Waals surface area contributed by atoms with Gasteiger partial charge in [0, 0.05) is 76.6 Å². The van der Waals surface area contributed by atoms with Gasteiger partial charge < -0.3 is 30.7 Å². The van der Waals surface area contributed by atoms with Gasteiger partial charge in [0.15, 0.2) is 0 Å². The number of carbonyl (C=O) groups is 2. The molecular formula is C42H52Cl2N6O4. The maximum Gasteiger partial charge on any atom is 0.255 e. The largest absolute Gasteiger partial charge is 0.496 e. The fourth-order valence-corrected chi connectivity index (χ4v) is 7.67. The summed E-state index contributed by atoms with van der Waals surface area (Å²) in [6.45, 7) is 8.01.